The first-order valence-corrected chi connectivity index (χ1v) is 6.40. The van der Waals surface area contributed by atoms with Gasteiger partial charge in [0, 0.05) is 11.5 Å². The van der Waals surface area contributed by atoms with E-state index in [4.69, 9.17) is 10.00 Å². The molecule has 1 aromatic carbocycles. The molecule has 0 radical (unpaired) electrons. The van der Waals surface area contributed by atoms with Gasteiger partial charge in [0.15, 0.2) is 0 Å². The van der Waals surface area contributed by atoms with Crippen LogP contribution in [0.25, 0.3) is 0 Å². The van der Waals surface area contributed by atoms with E-state index in [1.54, 1.807) is 25.2 Å². The number of nitrogens with zero attached hydrogens (tertiary/aromatic N) is 4. The summed E-state index contributed by atoms with van der Waals surface area (Å²) in [5, 5.41) is 14.7. The maximum atomic E-state index is 8.83. The van der Waals surface area contributed by atoms with Crippen molar-refractivity contribution in [1.82, 2.24) is 15.0 Å². The summed E-state index contributed by atoms with van der Waals surface area (Å²) in [6.45, 7) is 0. The van der Waals surface area contributed by atoms with E-state index in [2.05, 4.69) is 47.6 Å². The Morgan fingerprint density at radius 1 is 1.25 bits per heavy atom. The second kappa shape index (κ2) is 6.16. The summed E-state index contributed by atoms with van der Waals surface area (Å²) in [5.74, 6) is 0.732. The molecule has 0 saturated carbocycles. The van der Waals surface area contributed by atoms with E-state index in [0.717, 1.165) is 10.2 Å². The number of nitrogens with one attached hydrogen (secondary N) is 2. The van der Waals surface area contributed by atoms with Crippen molar-refractivity contribution in [3.63, 3.8) is 0 Å². The highest BCUT2D eigenvalue weighted by Gasteiger charge is 2.08. The molecule has 0 aliphatic carbocycles. The summed E-state index contributed by atoms with van der Waals surface area (Å²) < 4.78 is 5.74. The largest absolute Gasteiger partial charge is 0.467 e. The van der Waals surface area contributed by atoms with Gasteiger partial charge in [-0.1, -0.05) is 0 Å². The summed E-state index contributed by atoms with van der Waals surface area (Å²) in [6, 6.07) is 7.44. The van der Waals surface area contributed by atoms with E-state index < -0.39 is 0 Å². The molecule has 1 aromatic heterocycles. The number of nitriles is 1. The normalized spacial score (nSPS) is 9.70. The van der Waals surface area contributed by atoms with Crippen LogP contribution in [0.4, 0.5) is 17.6 Å². The lowest BCUT2D eigenvalue weighted by molar-refractivity contribution is 0.379. The molecule has 0 unspecified atom stereocenters. The van der Waals surface area contributed by atoms with Gasteiger partial charge in [0.05, 0.1) is 24.4 Å². The van der Waals surface area contributed by atoms with Crippen LogP contribution in [0, 0.1) is 11.3 Å². The first-order valence-electron chi connectivity index (χ1n) is 5.60. The van der Waals surface area contributed by atoms with Gasteiger partial charge in [0.2, 0.25) is 11.9 Å². The molecular weight excluding hydrogens is 324 g/mol. The third-order valence-corrected chi connectivity index (χ3v) is 3.02. The van der Waals surface area contributed by atoms with Crippen LogP contribution in [0.5, 0.6) is 6.01 Å². The molecule has 0 saturated heterocycles. The number of benzene rings is 1. The highest BCUT2D eigenvalue weighted by molar-refractivity contribution is 9.10. The predicted molar refractivity (Wildman–Crippen MR) is 78.1 cm³/mol. The predicted octanol–water partition coefficient (Wildman–Crippen LogP) is 2.30. The van der Waals surface area contributed by atoms with Crippen LogP contribution >= 0.6 is 15.9 Å². The molecule has 2 rings (SSSR count). The van der Waals surface area contributed by atoms with Gasteiger partial charge >= 0.3 is 6.01 Å². The van der Waals surface area contributed by atoms with Crippen molar-refractivity contribution in [2.24, 2.45) is 0 Å². The quantitative estimate of drug-likeness (QED) is 0.885. The van der Waals surface area contributed by atoms with Crippen LogP contribution in [0.15, 0.2) is 22.7 Å². The maximum absolute atomic E-state index is 8.83. The average Bonchev–Trinajstić information content (AvgIpc) is 2.48. The van der Waals surface area contributed by atoms with E-state index in [9.17, 15) is 0 Å². The molecule has 7 nitrogen and oxygen atoms in total. The minimum absolute atomic E-state index is 0.205. The third kappa shape index (κ3) is 3.13. The van der Waals surface area contributed by atoms with Crippen molar-refractivity contribution in [3.05, 3.63) is 28.2 Å². The van der Waals surface area contributed by atoms with E-state index in [-0.39, 0.29) is 6.01 Å². The van der Waals surface area contributed by atoms with Crippen LogP contribution in [-0.2, 0) is 0 Å². The lowest BCUT2D eigenvalue weighted by atomic mass is 10.2. The second-order valence-electron chi connectivity index (χ2n) is 3.65. The zero-order valence-corrected chi connectivity index (χ0v) is 12.4. The van der Waals surface area contributed by atoms with Crippen molar-refractivity contribution in [2.45, 2.75) is 0 Å². The molecule has 0 bridgehead atoms. The summed E-state index contributed by atoms with van der Waals surface area (Å²) in [4.78, 5) is 12.3. The fourth-order valence-corrected chi connectivity index (χ4v) is 1.90. The highest BCUT2D eigenvalue weighted by atomic mass is 79.9. The zero-order chi connectivity index (χ0) is 14.5. The standard InChI is InChI=1S/C12H11BrN6O/c1-15-10-17-11(19-12(18-10)20-2)16-9-4-3-7(6-14)5-8(9)13/h3-5H,1-2H3,(H2,15,16,17,18,19). The van der Waals surface area contributed by atoms with E-state index in [1.165, 1.54) is 7.11 Å². The minimum atomic E-state index is 0.205. The Labute approximate surface area is 124 Å². The third-order valence-electron chi connectivity index (χ3n) is 2.37. The molecule has 0 atom stereocenters. The first kappa shape index (κ1) is 14.0. The fraction of sp³-hybridized carbons (Fsp3) is 0.167. The lowest BCUT2D eigenvalue weighted by Gasteiger charge is -2.09. The van der Waals surface area contributed by atoms with E-state index >= 15 is 0 Å². The molecule has 20 heavy (non-hydrogen) atoms. The lowest BCUT2D eigenvalue weighted by Crippen LogP contribution is -2.05. The summed E-state index contributed by atoms with van der Waals surface area (Å²) in [7, 11) is 3.19. The smallest absolute Gasteiger partial charge is 0.322 e. The van der Waals surface area contributed by atoms with Crippen LogP contribution in [0.2, 0.25) is 0 Å². The topological polar surface area (TPSA) is 95.8 Å². The van der Waals surface area contributed by atoms with Gasteiger partial charge in [-0.3, -0.25) is 0 Å². The molecule has 2 aromatic rings. The Morgan fingerprint density at radius 2 is 2.00 bits per heavy atom. The van der Waals surface area contributed by atoms with Crippen LogP contribution in [0.1, 0.15) is 5.56 Å². The zero-order valence-electron chi connectivity index (χ0n) is 10.8. The molecule has 1 heterocycles. The van der Waals surface area contributed by atoms with Crippen LogP contribution in [0.3, 0.4) is 0 Å². The number of aromatic nitrogens is 3. The van der Waals surface area contributed by atoms with Crippen molar-refractivity contribution in [1.29, 1.82) is 5.26 Å². The van der Waals surface area contributed by atoms with Gasteiger partial charge in [0.25, 0.3) is 0 Å². The number of ether oxygens (including phenoxy) is 1. The van der Waals surface area contributed by atoms with Crippen molar-refractivity contribution in [3.8, 4) is 12.1 Å². The Morgan fingerprint density at radius 3 is 2.60 bits per heavy atom. The summed E-state index contributed by atoms with van der Waals surface area (Å²) >= 11 is 3.38. The molecule has 0 amide bonds. The van der Waals surface area contributed by atoms with Gasteiger partial charge < -0.3 is 15.4 Å². The van der Waals surface area contributed by atoms with Gasteiger partial charge in [0.1, 0.15) is 0 Å². The van der Waals surface area contributed by atoms with E-state index in [1.807, 2.05) is 0 Å². The van der Waals surface area contributed by atoms with Crippen molar-refractivity contribution < 1.29 is 4.74 Å². The fourth-order valence-electron chi connectivity index (χ4n) is 1.42. The average molecular weight is 335 g/mol. The minimum Gasteiger partial charge on any atom is -0.467 e. The van der Waals surface area contributed by atoms with E-state index in [0.29, 0.717) is 17.5 Å². The van der Waals surface area contributed by atoms with Crippen molar-refractivity contribution >= 4 is 33.5 Å². The number of hydrogen-bond acceptors (Lipinski definition) is 7. The molecule has 0 aliphatic heterocycles. The Hall–Kier alpha value is -2.40. The second-order valence-corrected chi connectivity index (χ2v) is 4.51. The van der Waals surface area contributed by atoms with Crippen LogP contribution in [-0.4, -0.2) is 29.1 Å². The molecule has 2 N–H and O–H groups in total. The number of methoxy groups -OCH3 is 1. The number of anilines is 3. The van der Waals surface area contributed by atoms with Gasteiger partial charge in [-0.25, -0.2) is 0 Å². The SMILES string of the molecule is CNc1nc(Nc2ccc(C#N)cc2Br)nc(OC)n1. The monoisotopic (exact) mass is 334 g/mol. The Bertz CT molecular complexity index is 647. The van der Waals surface area contributed by atoms with Gasteiger partial charge in [-0.2, -0.15) is 20.2 Å². The van der Waals surface area contributed by atoms with Gasteiger partial charge in [-0.05, 0) is 34.1 Å². The summed E-state index contributed by atoms with van der Waals surface area (Å²) in [5.41, 5.74) is 1.30. The number of hydrogen-bond donors (Lipinski definition) is 2. The summed E-state index contributed by atoms with van der Waals surface area (Å²) in [6.07, 6.45) is 0. The Balaban J connectivity index is 2.32. The molecule has 102 valence electrons. The number of halogens is 1. The molecule has 0 aliphatic rings. The molecule has 8 heteroatoms. The molecular formula is C12H11BrN6O. The molecule has 0 fully saturated rings. The Kier molecular flexibility index (Phi) is 4.32. The first-order chi connectivity index (χ1) is 9.66. The highest BCUT2D eigenvalue weighted by Crippen LogP contribution is 2.26. The van der Waals surface area contributed by atoms with Gasteiger partial charge in [-0.15, -0.1) is 0 Å². The maximum Gasteiger partial charge on any atom is 0.322 e. The van der Waals surface area contributed by atoms with Crippen molar-refractivity contribution in [2.75, 3.05) is 24.8 Å². The molecule has 0 spiro atoms. The number of rotatable bonds is 4. The van der Waals surface area contributed by atoms with Crippen LogP contribution < -0.4 is 15.4 Å².